The van der Waals surface area contributed by atoms with Crippen LogP contribution in [0, 0.1) is 0 Å². The zero-order valence-corrected chi connectivity index (χ0v) is 15.5. The molecule has 0 bridgehead atoms. The molecule has 6 nitrogen and oxygen atoms in total. The van der Waals surface area contributed by atoms with Gasteiger partial charge in [-0.3, -0.25) is 14.5 Å². The molecular formula is C21H22N2O4. The number of methoxy groups -OCH3 is 1. The minimum absolute atomic E-state index is 0.00494. The third-order valence-corrected chi connectivity index (χ3v) is 5.07. The molecule has 6 heteroatoms. The third-order valence-electron chi connectivity index (χ3n) is 5.07. The van der Waals surface area contributed by atoms with Crippen LogP contribution in [0.2, 0.25) is 0 Å². The number of hydrogen-bond acceptors (Lipinski definition) is 4. The molecule has 0 aromatic heterocycles. The molecule has 0 saturated carbocycles. The molecular weight excluding hydrogens is 344 g/mol. The van der Waals surface area contributed by atoms with Crippen molar-refractivity contribution in [2.45, 2.75) is 25.9 Å². The number of ether oxygens (including phenoxy) is 2. The predicted molar refractivity (Wildman–Crippen MR) is 103 cm³/mol. The van der Waals surface area contributed by atoms with Gasteiger partial charge in [0, 0.05) is 12.2 Å². The minimum Gasteiger partial charge on any atom is -0.497 e. The number of carbonyl (C=O) groups is 2. The van der Waals surface area contributed by atoms with E-state index < -0.39 is 6.10 Å². The van der Waals surface area contributed by atoms with Gasteiger partial charge < -0.3 is 14.4 Å². The minimum atomic E-state index is -0.606. The number of amides is 2. The summed E-state index contributed by atoms with van der Waals surface area (Å²) in [5.41, 5.74) is 2.63. The molecule has 0 N–H and O–H groups in total. The lowest BCUT2D eigenvalue weighted by Crippen LogP contribution is -2.50. The largest absolute Gasteiger partial charge is 0.497 e. The first-order valence-corrected chi connectivity index (χ1v) is 9.13. The highest BCUT2D eigenvalue weighted by molar-refractivity contribution is 6.07. The molecule has 2 aliphatic rings. The molecule has 2 aromatic carbocycles. The van der Waals surface area contributed by atoms with E-state index in [-0.39, 0.29) is 18.4 Å². The summed E-state index contributed by atoms with van der Waals surface area (Å²) in [7, 11) is 1.64. The van der Waals surface area contributed by atoms with Crippen molar-refractivity contribution in [1.29, 1.82) is 0 Å². The first kappa shape index (κ1) is 17.4. The van der Waals surface area contributed by atoms with Crippen LogP contribution in [0.15, 0.2) is 42.5 Å². The van der Waals surface area contributed by atoms with Crippen LogP contribution >= 0.6 is 0 Å². The van der Waals surface area contributed by atoms with Crippen LogP contribution in [-0.2, 0) is 16.0 Å². The average Bonchev–Trinajstić information content (AvgIpc) is 2.70. The quantitative estimate of drug-likeness (QED) is 0.838. The van der Waals surface area contributed by atoms with E-state index in [0.29, 0.717) is 18.0 Å². The molecule has 0 saturated heterocycles. The van der Waals surface area contributed by atoms with Gasteiger partial charge in [-0.15, -0.1) is 0 Å². The zero-order valence-electron chi connectivity index (χ0n) is 15.5. The van der Waals surface area contributed by atoms with E-state index in [0.717, 1.165) is 29.8 Å². The van der Waals surface area contributed by atoms with Gasteiger partial charge in [-0.1, -0.05) is 12.1 Å². The van der Waals surface area contributed by atoms with E-state index >= 15 is 0 Å². The highest BCUT2D eigenvalue weighted by atomic mass is 16.5. The average molecular weight is 366 g/mol. The van der Waals surface area contributed by atoms with Gasteiger partial charge in [0.1, 0.15) is 18.0 Å². The number of para-hydroxylation sites is 2. The van der Waals surface area contributed by atoms with E-state index in [1.165, 1.54) is 4.90 Å². The Morgan fingerprint density at radius 3 is 2.85 bits per heavy atom. The standard InChI is InChI=1S/C21H22N2O4/c1-14-21(25)23(18-7-3-4-8-19(18)27-14)13-20(24)22-11-5-6-15-12-16(26-2)9-10-17(15)22/h3-4,7-10,12,14H,5-6,11,13H2,1-2H3. The van der Waals surface area contributed by atoms with Gasteiger partial charge in [0.15, 0.2) is 6.10 Å². The smallest absolute Gasteiger partial charge is 0.268 e. The molecule has 0 spiro atoms. The fourth-order valence-corrected chi connectivity index (χ4v) is 3.70. The zero-order chi connectivity index (χ0) is 19.0. The lowest BCUT2D eigenvalue weighted by molar-refractivity contribution is -0.127. The number of rotatable bonds is 3. The topological polar surface area (TPSA) is 59.1 Å². The number of benzene rings is 2. The molecule has 0 fully saturated rings. The number of carbonyl (C=O) groups excluding carboxylic acids is 2. The van der Waals surface area contributed by atoms with E-state index in [4.69, 9.17) is 9.47 Å². The van der Waals surface area contributed by atoms with Crippen molar-refractivity contribution in [2.75, 3.05) is 30.0 Å². The first-order chi connectivity index (χ1) is 13.1. The van der Waals surface area contributed by atoms with Gasteiger partial charge >= 0.3 is 0 Å². The highest BCUT2D eigenvalue weighted by Crippen LogP contribution is 2.35. The molecule has 4 rings (SSSR count). The van der Waals surface area contributed by atoms with Gasteiger partial charge in [0.25, 0.3) is 5.91 Å². The summed E-state index contributed by atoms with van der Waals surface area (Å²) in [5, 5.41) is 0. The Labute approximate surface area is 158 Å². The molecule has 2 aliphatic heterocycles. The Morgan fingerprint density at radius 1 is 1.22 bits per heavy atom. The van der Waals surface area contributed by atoms with Crippen LogP contribution in [0.1, 0.15) is 18.9 Å². The van der Waals surface area contributed by atoms with Crippen LogP contribution < -0.4 is 19.3 Å². The molecule has 1 unspecified atom stereocenters. The van der Waals surface area contributed by atoms with Crippen LogP contribution in [0.25, 0.3) is 0 Å². The number of fused-ring (bicyclic) bond motifs is 2. The van der Waals surface area contributed by atoms with Crippen molar-refractivity contribution in [2.24, 2.45) is 0 Å². The molecule has 2 heterocycles. The van der Waals surface area contributed by atoms with E-state index in [9.17, 15) is 9.59 Å². The fraction of sp³-hybridized carbons (Fsp3) is 0.333. The molecule has 2 amide bonds. The van der Waals surface area contributed by atoms with Crippen LogP contribution in [0.4, 0.5) is 11.4 Å². The Hall–Kier alpha value is -3.02. The number of nitrogens with zero attached hydrogens (tertiary/aromatic N) is 2. The second kappa shape index (κ2) is 6.95. The van der Waals surface area contributed by atoms with Crippen molar-refractivity contribution >= 4 is 23.2 Å². The molecule has 1 atom stereocenters. The maximum atomic E-state index is 13.1. The summed E-state index contributed by atoms with van der Waals surface area (Å²) >= 11 is 0. The lowest BCUT2D eigenvalue weighted by atomic mass is 10.0. The third kappa shape index (κ3) is 3.12. The van der Waals surface area contributed by atoms with Crippen LogP contribution in [0.5, 0.6) is 11.5 Å². The highest BCUT2D eigenvalue weighted by Gasteiger charge is 2.34. The summed E-state index contributed by atoms with van der Waals surface area (Å²) in [6, 6.07) is 13.1. The van der Waals surface area contributed by atoms with Gasteiger partial charge in [-0.05, 0) is 55.7 Å². The Balaban J connectivity index is 1.61. The second-order valence-corrected chi connectivity index (χ2v) is 6.80. The maximum Gasteiger partial charge on any atom is 0.268 e. The van der Waals surface area contributed by atoms with E-state index in [1.807, 2.05) is 36.4 Å². The molecule has 140 valence electrons. The van der Waals surface area contributed by atoms with Gasteiger partial charge in [-0.2, -0.15) is 0 Å². The van der Waals surface area contributed by atoms with Gasteiger partial charge in [0.2, 0.25) is 5.91 Å². The van der Waals surface area contributed by atoms with E-state index in [2.05, 4.69) is 0 Å². The van der Waals surface area contributed by atoms with Gasteiger partial charge in [-0.25, -0.2) is 0 Å². The summed E-state index contributed by atoms with van der Waals surface area (Å²) < 4.78 is 10.9. The summed E-state index contributed by atoms with van der Waals surface area (Å²) in [6.45, 7) is 2.35. The molecule has 2 aromatic rings. The summed E-state index contributed by atoms with van der Waals surface area (Å²) in [5.74, 6) is 1.11. The fourth-order valence-electron chi connectivity index (χ4n) is 3.70. The second-order valence-electron chi connectivity index (χ2n) is 6.80. The molecule has 0 radical (unpaired) electrons. The Bertz CT molecular complexity index is 896. The monoisotopic (exact) mass is 366 g/mol. The first-order valence-electron chi connectivity index (χ1n) is 9.13. The van der Waals surface area contributed by atoms with Crippen molar-refractivity contribution in [3.63, 3.8) is 0 Å². The maximum absolute atomic E-state index is 13.1. The van der Waals surface area contributed by atoms with Gasteiger partial charge in [0.05, 0.1) is 12.8 Å². The number of aryl methyl sites for hydroxylation is 1. The number of anilines is 2. The summed E-state index contributed by atoms with van der Waals surface area (Å²) in [6.07, 6.45) is 1.19. The van der Waals surface area contributed by atoms with E-state index in [1.54, 1.807) is 25.0 Å². The van der Waals surface area contributed by atoms with Crippen LogP contribution in [-0.4, -0.2) is 38.1 Å². The van der Waals surface area contributed by atoms with Crippen molar-refractivity contribution in [3.8, 4) is 11.5 Å². The van der Waals surface area contributed by atoms with Crippen molar-refractivity contribution in [3.05, 3.63) is 48.0 Å². The predicted octanol–water partition coefficient (Wildman–Crippen LogP) is 2.79. The molecule has 27 heavy (non-hydrogen) atoms. The SMILES string of the molecule is COc1ccc2c(c1)CCCN2C(=O)CN1C(=O)C(C)Oc2ccccc21. The van der Waals surface area contributed by atoms with Crippen molar-refractivity contribution in [1.82, 2.24) is 0 Å². The number of hydrogen-bond donors (Lipinski definition) is 0. The Morgan fingerprint density at radius 2 is 2.04 bits per heavy atom. The molecule has 0 aliphatic carbocycles. The lowest BCUT2D eigenvalue weighted by Gasteiger charge is -2.35. The Kier molecular flexibility index (Phi) is 4.48. The van der Waals surface area contributed by atoms with Crippen LogP contribution in [0.3, 0.4) is 0 Å². The summed E-state index contributed by atoms with van der Waals surface area (Å²) in [4.78, 5) is 29.1. The normalized spacial score (nSPS) is 18.4. The van der Waals surface area contributed by atoms with Crippen molar-refractivity contribution < 1.29 is 19.1 Å².